The topological polar surface area (TPSA) is 26.0 Å². The second-order valence-corrected chi connectivity index (χ2v) is 5.43. The lowest BCUT2D eigenvalue weighted by Crippen LogP contribution is -2.39. The molecule has 0 saturated carbocycles. The molecule has 1 nitrogen and oxygen atoms in total. The molecule has 2 aromatic carbocycles. The summed E-state index contributed by atoms with van der Waals surface area (Å²) in [4.78, 5) is 0. The van der Waals surface area contributed by atoms with Crippen molar-refractivity contribution in [2.24, 2.45) is 5.73 Å². The molecular weight excluding hydrogens is 275 g/mol. The zero-order chi connectivity index (χ0) is 15.5. The largest absolute Gasteiger partial charge is 0.416 e. The van der Waals surface area contributed by atoms with Gasteiger partial charge in [-0.1, -0.05) is 42.5 Å². The molecule has 2 rings (SSSR count). The third-order valence-electron chi connectivity index (χ3n) is 3.16. The number of alkyl halides is 3. The van der Waals surface area contributed by atoms with E-state index in [1.807, 2.05) is 37.3 Å². The normalized spacial score (nSPS) is 14.7. The summed E-state index contributed by atoms with van der Waals surface area (Å²) in [5.41, 5.74) is 6.72. The van der Waals surface area contributed by atoms with Crippen LogP contribution in [0.3, 0.4) is 0 Å². The van der Waals surface area contributed by atoms with Crippen LogP contribution in [0.4, 0.5) is 13.2 Å². The molecule has 111 valence electrons. The summed E-state index contributed by atoms with van der Waals surface area (Å²) in [7, 11) is 0. The molecule has 0 aliphatic carbocycles. The van der Waals surface area contributed by atoms with Crippen molar-refractivity contribution in [2.75, 3.05) is 0 Å². The Labute approximate surface area is 122 Å². The number of halogens is 3. The summed E-state index contributed by atoms with van der Waals surface area (Å²) in [6.45, 7) is 1.86. The van der Waals surface area contributed by atoms with Crippen LogP contribution in [-0.2, 0) is 12.6 Å². The first-order chi connectivity index (χ1) is 9.76. The van der Waals surface area contributed by atoms with E-state index >= 15 is 0 Å². The first kappa shape index (κ1) is 15.6. The maximum Gasteiger partial charge on any atom is 0.416 e. The second kappa shape index (κ2) is 5.90. The quantitative estimate of drug-likeness (QED) is 0.897. The van der Waals surface area contributed by atoms with Gasteiger partial charge in [0, 0.05) is 12.0 Å². The Balaban J connectivity index is 2.06. The van der Waals surface area contributed by atoms with Crippen LogP contribution in [0.25, 0.3) is 0 Å². The molecule has 0 aliphatic rings. The zero-order valence-electron chi connectivity index (χ0n) is 11.7. The monoisotopic (exact) mass is 292 g/mol. The number of benzene rings is 2. The minimum absolute atomic E-state index is 0.620. The van der Waals surface area contributed by atoms with E-state index in [0.717, 1.165) is 17.7 Å². The molecule has 4 heteroatoms. The van der Waals surface area contributed by atoms with Gasteiger partial charge < -0.3 is 5.73 Å². The van der Waals surface area contributed by atoms with Crippen LogP contribution in [0, 0.1) is 6.42 Å². The molecule has 0 spiro atoms. The van der Waals surface area contributed by atoms with Gasteiger partial charge in [0.1, 0.15) is 0 Å². The molecule has 21 heavy (non-hydrogen) atoms. The van der Waals surface area contributed by atoms with Crippen molar-refractivity contribution in [1.82, 2.24) is 0 Å². The van der Waals surface area contributed by atoms with Crippen LogP contribution in [0.1, 0.15) is 23.6 Å². The molecule has 0 aromatic heterocycles. The third-order valence-corrected chi connectivity index (χ3v) is 3.16. The molecule has 0 aliphatic heterocycles. The van der Waals surface area contributed by atoms with Crippen molar-refractivity contribution < 1.29 is 13.2 Å². The minimum Gasteiger partial charge on any atom is -0.324 e. The van der Waals surface area contributed by atoms with E-state index < -0.39 is 17.3 Å². The second-order valence-electron chi connectivity index (χ2n) is 5.43. The first-order valence-corrected chi connectivity index (χ1v) is 6.62. The molecular formula is C17H17F3N. The first-order valence-electron chi connectivity index (χ1n) is 6.62. The Morgan fingerprint density at radius 2 is 1.52 bits per heavy atom. The number of rotatable bonds is 4. The average Bonchev–Trinajstić information content (AvgIpc) is 2.38. The highest BCUT2D eigenvalue weighted by Gasteiger charge is 2.30. The summed E-state index contributed by atoms with van der Waals surface area (Å²) >= 11 is 0. The summed E-state index contributed by atoms with van der Waals surface area (Å²) < 4.78 is 37.5. The van der Waals surface area contributed by atoms with Gasteiger partial charge in [0.15, 0.2) is 0 Å². The van der Waals surface area contributed by atoms with Crippen molar-refractivity contribution in [2.45, 2.75) is 25.1 Å². The fraction of sp³-hybridized carbons (Fsp3) is 0.235. The van der Waals surface area contributed by atoms with Crippen LogP contribution in [0.5, 0.6) is 0 Å². The Bertz CT molecular complexity index is 571. The number of nitrogens with two attached hydrogens (primary N) is 1. The van der Waals surface area contributed by atoms with Crippen molar-refractivity contribution in [3.63, 3.8) is 0 Å². The Kier molecular flexibility index (Phi) is 4.37. The van der Waals surface area contributed by atoms with E-state index in [2.05, 4.69) is 0 Å². The van der Waals surface area contributed by atoms with E-state index in [1.165, 1.54) is 12.1 Å². The predicted molar refractivity (Wildman–Crippen MR) is 77.6 cm³/mol. The van der Waals surface area contributed by atoms with Gasteiger partial charge in [-0.05, 0) is 36.6 Å². The Hall–Kier alpha value is -1.81. The summed E-state index contributed by atoms with van der Waals surface area (Å²) in [5, 5.41) is 0. The minimum atomic E-state index is -4.31. The molecule has 0 fully saturated rings. The molecule has 0 amide bonds. The van der Waals surface area contributed by atoms with Gasteiger partial charge in [0.05, 0.1) is 5.56 Å². The molecule has 0 bridgehead atoms. The Morgan fingerprint density at radius 3 is 2.05 bits per heavy atom. The van der Waals surface area contributed by atoms with Crippen LogP contribution in [0.2, 0.25) is 0 Å². The summed E-state index contributed by atoms with van der Waals surface area (Å²) in [6, 6.07) is 14.8. The lowest BCUT2D eigenvalue weighted by molar-refractivity contribution is -0.137. The summed E-state index contributed by atoms with van der Waals surface area (Å²) in [6.07, 6.45) is -1.90. The van der Waals surface area contributed by atoms with Crippen molar-refractivity contribution in [1.29, 1.82) is 0 Å². The van der Waals surface area contributed by atoms with E-state index in [-0.39, 0.29) is 0 Å². The summed E-state index contributed by atoms with van der Waals surface area (Å²) in [5.74, 6) is 0. The van der Waals surface area contributed by atoms with Gasteiger partial charge in [-0.15, -0.1) is 0 Å². The van der Waals surface area contributed by atoms with Crippen LogP contribution < -0.4 is 5.73 Å². The maximum absolute atomic E-state index is 12.5. The average molecular weight is 292 g/mol. The molecule has 1 atom stereocenters. The smallest absolute Gasteiger partial charge is 0.324 e. The molecule has 0 heterocycles. The van der Waals surface area contributed by atoms with Gasteiger partial charge >= 0.3 is 6.18 Å². The Morgan fingerprint density at radius 1 is 0.952 bits per heavy atom. The van der Waals surface area contributed by atoms with E-state index in [1.54, 1.807) is 6.42 Å². The molecule has 1 unspecified atom stereocenters. The van der Waals surface area contributed by atoms with Gasteiger partial charge in [0.2, 0.25) is 0 Å². The van der Waals surface area contributed by atoms with Crippen molar-refractivity contribution in [3.05, 3.63) is 77.7 Å². The van der Waals surface area contributed by atoms with E-state index in [0.29, 0.717) is 12.0 Å². The van der Waals surface area contributed by atoms with Crippen LogP contribution >= 0.6 is 0 Å². The predicted octanol–water partition coefficient (Wildman–Crippen LogP) is 4.22. The van der Waals surface area contributed by atoms with Gasteiger partial charge in [-0.2, -0.15) is 13.2 Å². The highest BCUT2D eigenvalue weighted by molar-refractivity contribution is 5.33. The molecule has 2 aromatic rings. The standard InChI is InChI=1S/C17H17F3N/c1-16(21,11-13-5-3-2-4-6-13)12-14-7-9-15(10-8-14)17(18,19)20/h2-10,12H,11,21H2,1H3. The molecule has 0 saturated heterocycles. The lowest BCUT2D eigenvalue weighted by Gasteiger charge is -2.24. The third kappa shape index (κ3) is 4.60. The highest BCUT2D eigenvalue weighted by Crippen LogP contribution is 2.30. The maximum atomic E-state index is 12.5. The molecule has 1 radical (unpaired) electrons. The van der Waals surface area contributed by atoms with Gasteiger partial charge in [-0.3, -0.25) is 0 Å². The van der Waals surface area contributed by atoms with E-state index in [9.17, 15) is 13.2 Å². The number of hydrogen-bond donors (Lipinski definition) is 1. The van der Waals surface area contributed by atoms with Gasteiger partial charge in [-0.25, -0.2) is 0 Å². The fourth-order valence-electron chi connectivity index (χ4n) is 2.24. The zero-order valence-corrected chi connectivity index (χ0v) is 11.7. The fourth-order valence-corrected chi connectivity index (χ4v) is 2.24. The molecule has 2 N–H and O–H groups in total. The highest BCUT2D eigenvalue weighted by atomic mass is 19.4. The van der Waals surface area contributed by atoms with Crippen molar-refractivity contribution in [3.8, 4) is 0 Å². The van der Waals surface area contributed by atoms with Crippen LogP contribution in [0.15, 0.2) is 54.6 Å². The SMILES string of the molecule is CC(N)([CH]c1ccc(C(F)(F)F)cc1)Cc1ccccc1. The number of hydrogen-bond acceptors (Lipinski definition) is 1. The van der Waals surface area contributed by atoms with Crippen molar-refractivity contribution >= 4 is 0 Å². The van der Waals surface area contributed by atoms with Gasteiger partial charge in [0.25, 0.3) is 0 Å². The van der Waals surface area contributed by atoms with E-state index in [4.69, 9.17) is 5.73 Å². The van der Waals surface area contributed by atoms with Crippen LogP contribution in [-0.4, -0.2) is 5.54 Å². The lowest BCUT2D eigenvalue weighted by atomic mass is 9.87.